The van der Waals surface area contributed by atoms with Gasteiger partial charge in [0.2, 0.25) is 11.8 Å². The number of pyridine rings is 2. The Morgan fingerprint density at radius 1 is 0.816 bits per heavy atom. The maximum absolute atomic E-state index is 15.2. The van der Waals surface area contributed by atoms with Gasteiger partial charge in [-0.3, -0.25) is 34.6 Å². The van der Waals surface area contributed by atoms with Gasteiger partial charge < -0.3 is 24.4 Å². The molecule has 17 nitrogen and oxygen atoms in total. The number of ether oxygens (including phenoxy) is 2. The molecular weight excluding hydrogens is 1000 g/mol. The molecule has 3 aliphatic heterocycles. The van der Waals surface area contributed by atoms with E-state index in [1.807, 2.05) is 60.5 Å². The average Bonchev–Trinajstić information content (AvgIpc) is 4.01. The van der Waals surface area contributed by atoms with Gasteiger partial charge in [0.1, 0.15) is 22.9 Å². The molecule has 394 valence electrons. The Hall–Kier alpha value is -7.49. The van der Waals surface area contributed by atoms with Crippen LogP contribution in [0.15, 0.2) is 84.9 Å². The lowest BCUT2D eigenvalue weighted by Crippen LogP contribution is -2.47. The summed E-state index contributed by atoms with van der Waals surface area (Å²) in [5.41, 5.74) is 2.10. The van der Waals surface area contributed by atoms with Crippen molar-refractivity contribution in [1.29, 1.82) is 0 Å². The van der Waals surface area contributed by atoms with Crippen LogP contribution in [-0.2, 0) is 40.5 Å². The highest BCUT2D eigenvalue weighted by molar-refractivity contribution is 7.22. The number of carbonyl (C=O) groups is 4. The topological polar surface area (TPSA) is 197 Å². The molecule has 3 aromatic carbocycles. The highest BCUT2D eigenvalue weighted by Gasteiger charge is 2.40. The van der Waals surface area contributed by atoms with Crippen molar-refractivity contribution in [2.24, 2.45) is 7.05 Å². The smallest absolute Gasteiger partial charge is 0.420 e. The predicted octanol–water partition coefficient (Wildman–Crippen LogP) is 8.61. The number of carbonyl (C=O) groups excluding carboxylic acids is 3. The number of para-hydroxylation sites is 1. The molecule has 1 aliphatic carbocycles. The van der Waals surface area contributed by atoms with Gasteiger partial charge in [-0.25, -0.2) is 19.7 Å². The summed E-state index contributed by atoms with van der Waals surface area (Å²) in [6, 6.07) is 23.9. The van der Waals surface area contributed by atoms with Crippen LogP contribution in [0.3, 0.4) is 0 Å². The van der Waals surface area contributed by atoms with Crippen LogP contribution < -0.4 is 25.2 Å². The number of halogens is 3. The van der Waals surface area contributed by atoms with Crippen LogP contribution in [0, 0.1) is 0 Å². The highest BCUT2D eigenvalue weighted by atomic mass is 32.1. The van der Waals surface area contributed by atoms with Gasteiger partial charge >= 0.3 is 12.1 Å². The molecule has 3 N–H and O–H groups in total. The quantitative estimate of drug-likeness (QED) is 0.0691. The number of amides is 3. The first-order chi connectivity index (χ1) is 36.7. The van der Waals surface area contributed by atoms with E-state index < -0.39 is 35.4 Å². The summed E-state index contributed by atoms with van der Waals surface area (Å²) in [7, 11) is 1.81. The van der Waals surface area contributed by atoms with Crippen LogP contribution in [0.1, 0.15) is 94.1 Å². The fraction of sp³-hybridized carbons (Fsp3) is 0.382. The van der Waals surface area contributed by atoms with Gasteiger partial charge in [0.15, 0.2) is 16.5 Å². The van der Waals surface area contributed by atoms with Crippen molar-refractivity contribution < 1.29 is 46.9 Å². The van der Waals surface area contributed by atoms with Crippen molar-refractivity contribution in [1.82, 2.24) is 34.9 Å². The summed E-state index contributed by atoms with van der Waals surface area (Å²) in [4.78, 5) is 71.1. The normalized spacial score (nSPS) is 19.4. The Balaban J connectivity index is 0.678. The second-order valence-electron chi connectivity index (χ2n) is 19.7. The number of aromatic carboxylic acids is 1. The van der Waals surface area contributed by atoms with E-state index in [2.05, 4.69) is 35.5 Å². The van der Waals surface area contributed by atoms with Crippen molar-refractivity contribution in [3.05, 3.63) is 119 Å². The minimum Gasteiger partial charge on any atom is -0.490 e. The molecule has 4 aliphatic rings. The lowest BCUT2D eigenvalue weighted by molar-refractivity contribution is -0.139. The molecule has 0 bridgehead atoms. The van der Waals surface area contributed by atoms with Crippen LogP contribution in [0.4, 0.5) is 29.9 Å². The van der Waals surface area contributed by atoms with E-state index in [0.29, 0.717) is 73.7 Å². The number of hydrogen-bond acceptors (Lipinski definition) is 14. The molecule has 4 aromatic heterocycles. The Morgan fingerprint density at radius 3 is 2.36 bits per heavy atom. The van der Waals surface area contributed by atoms with Crippen molar-refractivity contribution in [2.45, 2.75) is 82.2 Å². The number of nitrogens with zero attached hydrogens (tertiary/aromatic N) is 8. The van der Waals surface area contributed by atoms with Gasteiger partial charge in [0.05, 0.1) is 34.0 Å². The minimum absolute atomic E-state index is 0.0436. The van der Waals surface area contributed by atoms with E-state index in [9.17, 15) is 24.3 Å². The number of piperidine rings is 1. The van der Waals surface area contributed by atoms with E-state index >= 15 is 13.2 Å². The van der Waals surface area contributed by atoms with E-state index in [1.54, 1.807) is 10.7 Å². The number of piperazine rings is 1. The molecule has 7 heterocycles. The van der Waals surface area contributed by atoms with E-state index in [1.165, 1.54) is 41.7 Å². The van der Waals surface area contributed by atoms with Gasteiger partial charge in [0.25, 0.3) is 5.91 Å². The first kappa shape index (κ1) is 50.7. The number of fused-ring (bicyclic) bond motifs is 3. The molecule has 7 aromatic rings. The molecule has 0 spiro atoms. The van der Waals surface area contributed by atoms with Crippen molar-refractivity contribution in [2.75, 3.05) is 61.0 Å². The third-order valence-corrected chi connectivity index (χ3v) is 15.8. The number of rotatable bonds is 14. The standard InChI is InChI=1S/C55H55F3N10O7S/c1-65-50-38(48(64-65)39-19-22-46(69)62-52(39)71)18-21-45(61-50)67-28-26-66(27-29-67)24-6-30-74-33-13-15-34(16-14-33)75-42-11-5-8-35(47(42)55(56,57)58)36-17-20-44(60-49(36)53(72)73)68-25-23-32-7-4-9-37(40(32)31-68)51(70)63-54-59-41-10-2-3-12-43(41)76-54/h2-5,7-12,17-18,20-21,33-34,39H,6,13-16,19,22-31H2,1H3,(H,72,73)(H,59,63,70)(H,62,69,71). The van der Waals surface area contributed by atoms with Gasteiger partial charge in [-0.05, 0) is 105 Å². The number of imide groups is 1. The number of aromatic nitrogens is 5. The molecule has 1 unspecified atom stereocenters. The summed E-state index contributed by atoms with van der Waals surface area (Å²) in [6.07, 6.45) is -1.15. The number of carboxylic acid groups (broad SMARTS) is 1. The first-order valence-electron chi connectivity index (χ1n) is 25.6. The largest absolute Gasteiger partial charge is 0.490 e. The van der Waals surface area contributed by atoms with Crippen molar-refractivity contribution >= 4 is 73.0 Å². The molecule has 21 heteroatoms. The Labute approximate surface area is 439 Å². The maximum atomic E-state index is 15.2. The number of carboxylic acids is 1. The fourth-order valence-corrected chi connectivity index (χ4v) is 11.9. The Bertz CT molecular complexity index is 3330. The van der Waals surface area contributed by atoms with Gasteiger partial charge in [-0.15, -0.1) is 0 Å². The maximum Gasteiger partial charge on any atom is 0.420 e. The SMILES string of the molecule is Cn1nc(C2CCC(=O)NC2=O)c2ccc(N3CCN(CCCOC4CCC(Oc5cccc(-c6ccc(N7CCc8cccc(C(=O)Nc9nc%10ccccc%10s9)c8C7)nc6C(=O)O)c5C(F)(F)F)CC4)CC3)nc21. The lowest BCUT2D eigenvalue weighted by Gasteiger charge is -2.35. The molecular formula is C55H55F3N10O7S. The molecule has 3 fully saturated rings. The van der Waals surface area contributed by atoms with E-state index in [-0.39, 0.29) is 59.5 Å². The van der Waals surface area contributed by atoms with Crippen molar-refractivity contribution in [3.8, 4) is 16.9 Å². The van der Waals surface area contributed by atoms with Crippen molar-refractivity contribution in [3.63, 3.8) is 0 Å². The van der Waals surface area contributed by atoms with Crippen LogP contribution in [-0.4, -0.2) is 117 Å². The number of alkyl halides is 3. The summed E-state index contributed by atoms with van der Waals surface area (Å²) in [5.74, 6) is -2.18. The Kier molecular flexibility index (Phi) is 14.2. The van der Waals surface area contributed by atoms with Crippen LogP contribution in [0.2, 0.25) is 0 Å². The van der Waals surface area contributed by atoms with Crippen LogP contribution >= 0.6 is 11.3 Å². The average molecular weight is 1060 g/mol. The lowest BCUT2D eigenvalue weighted by atomic mass is 9.93. The van der Waals surface area contributed by atoms with E-state index in [0.717, 1.165) is 71.7 Å². The number of anilines is 3. The molecule has 11 rings (SSSR count). The minimum atomic E-state index is -4.89. The Morgan fingerprint density at radius 2 is 1.58 bits per heavy atom. The van der Waals surface area contributed by atoms with Crippen LogP contribution in [0.5, 0.6) is 5.75 Å². The molecule has 3 amide bonds. The van der Waals surface area contributed by atoms with Gasteiger partial charge in [0, 0.05) is 88.0 Å². The third kappa shape index (κ3) is 10.5. The second kappa shape index (κ2) is 21.3. The predicted molar refractivity (Wildman–Crippen MR) is 280 cm³/mol. The molecule has 0 radical (unpaired) electrons. The van der Waals surface area contributed by atoms with Gasteiger partial charge in [-0.1, -0.05) is 47.7 Å². The zero-order valence-corrected chi connectivity index (χ0v) is 42.5. The molecule has 2 saturated heterocycles. The monoisotopic (exact) mass is 1060 g/mol. The number of hydrogen-bond donors (Lipinski definition) is 3. The zero-order valence-electron chi connectivity index (χ0n) is 41.6. The summed E-state index contributed by atoms with van der Waals surface area (Å²) < 4.78 is 60.5. The first-order valence-corrected chi connectivity index (χ1v) is 26.5. The number of aryl methyl sites for hydroxylation is 1. The highest BCUT2D eigenvalue weighted by Crippen LogP contribution is 2.45. The van der Waals surface area contributed by atoms with E-state index in [4.69, 9.17) is 14.5 Å². The van der Waals surface area contributed by atoms with Crippen LogP contribution in [0.25, 0.3) is 32.4 Å². The summed E-state index contributed by atoms with van der Waals surface area (Å²) in [6.45, 7) is 5.34. The zero-order chi connectivity index (χ0) is 52.7. The number of thiazole rings is 1. The van der Waals surface area contributed by atoms with Gasteiger partial charge in [-0.2, -0.15) is 18.3 Å². The molecule has 1 atom stereocenters. The number of benzene rings is 3. The summed E-state index contributed by atoms with van der Waals surface area (Å²) >= 11 is 1.36. The molecule has 76 heavy (non-hydrogen) atoms. The molecule has 1 saturated carbocycles. The number of nitrogens with one attached hydrogen (secondary N) is 2. The fourth-order valence-electron chi connectivity index (χ4n) is 11.0. The third-order valence-electron chi connectivity index (χ3n) is 14.9. The second-order valence-corrected chi connectivity index (χ2v) is 20.8. The summed E-state index contributed by atoms with van der Waals surface area (Å²) in [5, 5.41) is 21.7.